The summed E-state index contributed by atoms with van der Waals surface area (Å²) in [6.45, 7) is 0. The van der Waals surface area contributed by atoms with Gasteiger partial charge in [-0.2, -0.15) is 0 Å². The van der Waals surface area contributed by atoms with Crippen molar-refractivity contribution in [3.8, 4) is 27.9 Å². The fraction of sp³-hybridized carbons (Fsp3) is 0. The van der Waals surface area contributed by atoms with Crippen molar-refractivity contribution in [3.63, 3.8) is 0 Å². The molecule has 0 radical (unpaired) electrons. The first kappa shape index (κ1) is 22.8. The van der Waals surface area contributed by atoms with Crippen LogP contribution < -0.4 is 0 Å². The number of rotatable bonds is 3. The minimum Gasteiger partial charge on any atom is -0.309 e. The second-order valence-corrected chi connectivity index (χ2v) is 11.8. The molecular weight excluding hydrogens is 558 g/mol. The van der Waals surface area contributed by atoms with Crippen LogP contribution in [0, 0.1) is 0 Å². The van der Waals surface area contributed by atoms with Crippen molar-refractivity contribution in [1.29, 1.82) is 0 Å². The molecule has 0 bridgehead atoms. The predicted molar refractivity (Wildman–Crippen MR) is 172 cm³/mol. The third kappa shape index (κ3) is 3.58. The van der Waals surface area contributed by atoms with Gasteiger partial charge < -0.3 is 4.57 Å². The molecule has 0 spiro atoms. The number of fused-ring (bicyclic) bond motifs is 6. The van der Waals surface area contributed by atoms with Crippen LogP contribution in [-0.4, -0.2) is 4.57 Å². The van der Waals surface area contributed by atoms with Crippen LogP contribution in [-0.2, 0) is 0 Å². The Bertz CT molecular complexity index is 2200. The van der Waals surface area contributed by atoms with E-state index in [0.717, 1.165) is 4.47 Å². The summed E-state index contributed by atoms with van der Waals surface area (Å²) in [5, 5.41) is 5.18. The number of hydrogen-bond acceptors (Lipinski definition) is 1. The zero-order valence-electron chi connectivity index (χ0n) is 20.9. The molecule has 0 aliphatic heterocycles. The topological polar surface area (TPSA) is 4.93 Å². The molecule has 2 heterocycles. The van der Waals surface area contributed by atoms with Gasteiger partial charge in [-0.15, -0.1) is 11.3 Å². The highest BCUT2D eigenvalue weighted by molar-refractivity contribution is 9.10. The standard InChI is InChI=1S/C36H22BrNS/c37-30-14-4-1-11-26(30)25-10-7-9-23(21-25)24-19-20-28-27-12-2-5-15-31(27)38(33(28)22-24)32-16-8-18-35-36(32)29-13-3-6-17-34(29)39-35/h1-22H. The van der Waals surface area contributed by atoms with E-state index in [2.05, 4.69) is 154 Å². The van der Waals surface area contributed by atoms with Crippen LogP contribution in [0.2, 0.25) is 0 Å². The number of para-hydroxylation sites is 1. The largest absolute Gasteiger partial charge is 0.309 e. The van der Waals surface area contributed by atoms with Gasteiger partial charge >= 0.3 is 0 Å². The van der Waals surface area contributed by atoms with E-state index in [1.165, 1.54) is 69.9 Å². The lowest BCUT2D eigenvalue weighted by atomic mass is 9.98. The number of nitrogens with zero attached hydrogens (tertiary/aromatic N) is 1. The van der Waals surface area contributed by atoms with E-state index in [1.54, 1.807) is 0 Å². The Balaban J connectivity index is 1.41. The molecular formula is C36H22BrNS. The average Bonchev–Trinajstić information content (AvgIpc) is 3.53. The molecule has 0 aliphatic rings. The summed E-state index contributed by atoms with van der Waals surface area (Å²) in [5.41, 5.74) is 8.51. The summed E-state index contributed by atoms with van der Waals surface area (Å²) < 4.78 is 6.21. The highest BCUT2D eigenvalue weighted by Crippen LogP contribution is 2.41. The summed E-state index contributed by atoms with van der Waals surface area (Å²) in [4.78, 5) is 0. The molecule has 0 aliphatic carbocycles. The Morgan fingerprint density at radius 3 is 2.10 bits per heavy atom. The van der Waals surface area contributed by atoms with Crippen molar-refractivity contribution in [2.24, 2.45) is 0 Å². The van der Waals surface area contributed by atoms with Crippen molar-refractivity contribution in [3.05, 3.63) is 138 Å². The smallest absolute Gasteiger partial charge is 0.0555 e. The monoisotopic (exact) mass is 579 g/mol. The van der Waals surface area contributed by atoms with Crippen LogP contribution in [0.5, 0.6) is 0 Å². The molecule has 0 amide bonds. The van der Waals surface area contributed by atoms with E-state index in [1.807, 2.05) is 11.3 Å². The van der Waals surface area contributed by atoms with E-state index in [0.29, 0.717) is 0 Å². The predicted octanol–water partition coefficient (Wildman–Crippen LogP) is 11.2. The first-order valence-corrected chi connectivity index (χ1v) is 14.7. The molecule has 0 fully saturated rings. The molecule has 8 aromatic rings. The third-order valence-electron chi connectivity index (χ3n) is 7.68. The first-order chi connectivity index (χ1) is 19.3. The SMILES string of the molecule is Brc1ccccc1-c1cccc(-c2ccc3c4ccccc4n(-c4cccc5sc6ccccc6c45)c3c2)c1. The third-order valence-corrected chi connectivity index (χ3v) is 9.50. The summed E-state index contributed by atoms with van der Waals surface area (Å²) in [5.74, 6) is 0. The molecule has 0 unspecified atom stereocenters. The highest BCUT2D eigenvalue weighted by Gasteiger charge is 2.17. The van der Waals surface area contributed by atoms with Gasteiger partial charge in [-0.25, -0.2) is 0 Å². The van der Waals surface area contributed by atoms with Gasteiger partial charge in [0.2, 0.25) is 0 Å². The first-order valence-electron chi connectivity index (χ1n) is 13.1. The lowest BCUT2D eigenvalue weighted by Gasteiger charge is -2.12. The fourth-order valence-electron chi connectivity index (χ4n) is 5.91. The van der Waals surface area contributed by atoms with E-state index in [-0.39, 0.29) is 0 Å². The Kier molecular flexibility index (Phi) is 5.22. The Morgan fingerprint density at radius 2 is 1.18 bits per heavy atom. The van der Waals surface area contributed by atoms with Crippen LogP contribution in [0.1, 0.15) is 0 Å². The molecule has 39 heavy (non-hydrogen) atoms. The molecule has 3 heteroatoms. The average molecular weight is 581 g/mol. The van der Waals surface area contributed by atoms with Crippen LogP contribution >= 0.6 is 27.3 Å². The Hall–Kier alpha value is -4.18. The molecule has 1 nitrogen and oxygen atoms in total. The van der Waals surface area contributed by atoms with Gasteiger partial charge in [0.1, 0.15) is 0 Å². The summed E-state index contributed by atoms with van der Waals surface area (Å²) in [6, 6.07) is 48.4. The molecule has 0 saturated carbocycles. The van der Waals surface area contributed by atoms with E-state index >= 15 is 0 Å². The number of thiophene rings is 1. The zero-order chi connectivity index (χ0) is 25.9. The lowest BCUT2D eigenvalue weighted by Crippen LogP contribution is -1.94. The number of hydrogen-bond donors (Lipinski definition) is 0. The van der Waals surface area contributed by atoms with Gasteiger partial charge in [-0.1, -0.05) is 107 Å². The Labute approximate surface area is 238 Å². The normalized spacial score (nSPS) is 11.7. The maximum absolute atomic E-state index is 3.73. The second kappa shape index (κ2) is 8.94. The number of aromatic nitrogens is 1. The quantitative estimate of drug-likeness (QED) is 0.196. The fourth-order valence-corrected chi connectivity index (χ4v) is 7.55. The maximum Gasteiger partial charge on any atom is 0.0555 e. The zero-order valence-corrected chi connectivity index (χ0v) is 23.3. The van der Waals surface area contributed by atoms with Crippen LogP contribution in [0.25, 0.3) is 69.9 Å². The maximum atomic E-state index is 3.73. The minimum absolute atomic E-state index is 1.11. The van der Waals surface area contributed by atoms with Gasteiger partial charge in [-0.05, 0) is 64.7 Å². The van der Waals surface area contributed by atoms with Crippen molar-refractivity contribution in [2.75, 3.05) is 0 Å². The van der Waals surface area contributed by atoms with Gasteiger partial charge in [0, 0.05) is 35.4 Å². The molecule has 0 atom stereocenters. The molecule has 0 N–H and O–H groups in total. The molecule has 8 rings (SSSR count). The van der Waals surface area contributed by atoms with E-state index in [4.69, 9.17) is 0 Å². The van der Waals surface area contributed by atoms with Crippen LogP contribution in [0.15, 0.2) is 138 Å². The highest BCUT2D eigenvalue weighted by atomic mass is 79.9. The van der Waals surface area contributed by atoms with Gasteiger partial charge in [0.25, 0.3) is 0 Å². The summed E-state index contributed by atoms with van der Waals surface area (Å²) in [7, 11) is 0. The van der Waals surface area contributed by atoms with Crippen LogP contribution in [0.3, 0.4) is 0 Å². The van der Waals surface area contributed by atoms with Crippen molar-refractivity contribution >= 4 is 69.2 Å². The van der Waals surface area contributed by atoms with E-state index in [9.17, 15) is 0 Å². The number of halogens is 1. The van der Waals surface area contributed by atoms with E-state index < -0.39 is 0 Å². The molecule has 184 valence electrons. The second-order valence-electron chi connectivity index (χ2n) is 9.89. The van der Waals surface area contributed by atoms with Crippen molar-refractivity contribution in [1.82, 2.24) is 4.57 Å². The molecule has 0 saturated heterocycles. The van der Waals surface area contributed by atoms with Crippen molar-refractivity contribution in [2.45, 2.75) is 0 Å². The van der Waals surface area contributed by atoms with Crippen LogP contribution in [0.4, 0.5) is 0 Å². The van der Waals surface area contributed by atoms with Gasteiger partial charge in [0.05, 0.1) is 16.7 Å². The summed E-state index contributed by atoms with van der Waals surface area (Å²) >= 11 is 5.60. The lowest BCUT2D eigenvalue weighted by molar-refractivity contribution is 1.20. The Morgan fingerprint density at radius 1 is 0.487 bits per heavy atom. The molecule has 2 aromatic heterocycles. The van der Waals surface area contributed by atoms with Gasteiger partial charge in [-0.3, -0.25) is 0 Å². The number of benzene rings is 6. The van der Waals surface area contributed by atoms with Crippen molar-refractivity contribution < 1.29 is 0 Å². The minimum atomic E-state index is 1.11. The molecule has 6 aromatic carbocycles. The summed E-state index contributed by atoms with van der Waals surface area (Å²) in [6.07, 6.45) is 0. The van der Waals surface area contributed by atoms with Gasteiger partial charge in [0.15, 0.2) is 0 Å².